The molecule has 1 aromatic heterocycles. The van der Waals surface area contributed by atoms with Crippen LogP contribution in [0.3, 0.4) is 0 Å². The molecule has 106 valence electrons. The van der Waals surface area contributed by atoms with Gasteiger partial charge >= 0.3 is 0 Å². The van der Waals surface area contributed by atoms with Crippen LogP contribution in [0, 0.1) is 0 Å². The molecule has 2 aromatic rings. The van der Waals surface area contributed by atoms with Crippen molar-refractivity contribution in [3.8, 4) is 0 Å². The highest BCUT2D eigenvalue weighted by atomic mass is 79.9. The number of benzene rings is 1. The smallest absolute Gasteiger partial charge is 0.255 e. The third-order valence-electron chi connectivity index (χ3n) is 2.69. The summed E-state index contributed by atoms with van der Waals surface area (Å²) >= 11 is 11.1. The minimum Gasteiger partial charge on any atom is -0.379 e. The van der Waals surface area contributed by atoms with Gasteiger partial charge in [0.1, 0.15) is 0 Å². The largest absolute Gasteiger partial charge is 0.379 e. The van der Waals surface area contributed by atoms with Gasteiger partial charge in [0.2, 0.25) is 0 Å². The maximum Gasteiger partial charge on any atom is 0.255 e. The zero-order valence-corrected chi connectivity index (χ0v) is 14.3. The third kappa shape index (κ3) is 3.75. The molecular formula is C14H14BrClN2OS. The van der Waals surface area contributed by atoms with Gasteiger partial charge in [-0.05, 0) is 40.2 Å². The quantitative estimate of drug-likeness (QED) is 0.857. The number of anilines is 1. The first-order valence-electron chi connectivity index (χ1n) is 5.95. The Kier molecular flexibility index (Phi) is 5.07. The molecule has 0 aliphatic carbocycles. The molecule has 0 bridgehead atoms. The van der Waals surface area contributed by atoms with Gasteiger partial charge in [0.15, 0.2) is 0 Å². The van der Waals surface area contributed by atoms with E-state index in [1.54, 1.807) is 48.5 Å². The predicted octanol–water partition coefficient (Wildman–Crippen LogP) is 4.48. The Morgan fingerprint density at radius 3 is 2.75 bits per heavy atom. The van der Waals surface area contributed by atoms with Crippen LogP contribution in [-0.2, 0) is 6.54 Å². The molecule has 0 atom stereocenters. The first-order chi connectivity index (χ1) is 9.47. The maximum atomic E-state index is 12.1. The van der Waals surface area contributed by atoms with E-state index in [0.29, 0.717) is 17.1 Å². The van der Waals surface area contributed by atoms with Crippen molar-refractivity contribution in [1.82, 2.24) is 4.90 Å². The normalized spacial score (nSPS) is 10.4. The number of hydrogen-bond acceptors (Lipinski definition) is 3. The molecule has 0 radical (unpaired) electrons. The van der Waals surface area contributed by atoms with Crippen LogP contribution in [0.5, 0.6) is 0 Å². The van der Waals surface area contributed by atoms with Crippen LogP contribution < -0.4 is 5.32 Å². The van der Waals surface area contributed by atoms with Gasteiger partial charge in [-0.25, -0.2) is 0 Å². The molecule has 1 aromatic carbocycles. The third-order valence-corrected chi connectivity index (χ3v) is 4.63. The summed E-state index contributed by atoms with van der Waals surface area (Å²) in [5.41, 5.74) is 1.37. The number of nitrogens with one attached hydrogen (secondary N) is 1. The van der Waals surface area contributed by atoms with Gasteiger partial charge in [-0.15, -0.1) is 11.3 Å². The number of rotatable bonds is 4. The van der Waals surface area contributed by atoms with Crippen molar-refractivity contribution >= 4 is 50.5 Å². The minimum atomic E-state index is -0.0449. The Hall–Kier alpha value is -1.04. The second-order valence-corrected chi connectivity index (χ2v) is 6.82. The highest BCUT2D eigenvalue weighted by molar-refractivity contribution is 9.10. The van der Waals surface area contributed by atoms with Crippen molar-refractivity contribution in [3.05, 3.63) is 49.6 Å². The molecule has 6 heteroatoms. The van der Waals surface area contributed by atoms with Crippen LogP contribution in [0.4, 0.5) is 5.69 Å². The van der Waals surface area contributed by atoms with E-state index in [-0.39, 0.29) is 5.91 Å². The second kappa shape index (κ2) is 6.61. The highest BCUT2D eigenvalue weighted by Crippen LogP contribution is 2.25. The van der Waals surface area contributed by atoms with Crippen molar-refractivity contribution in [2.24, 2.45) is 0 Å². The van der Waals surface area contributed by atoms with E-state index in [4.69, 9.17) is 11.6 Å². The Morgan fingerprint density at radius 2 is 2.15 bits per heavy atom. The number of halogens is 2. The van der Waals surface area contributed by atoms with E-state index in [9.17, 15) is 4.79 Å². The topological polar surface area (TPSA) is 32.3 Å². The van der Waals surface area contributed by atoms with E-state index in [0.717, 1.165) is 10.2 Å². The summed E-state index contributed by atoms with van der Waals surface area (Å²) in [6.07, 6.45) is 0. The van der Waals surface area contributed by atoms with Gasteiger partial charge in [0, 0.05) is 46.1 Å². The van der Waals surface area contributed by atoms with Crippen molar-refractivity contribution < 1.29 is 4.79 Å². The summed E-state index contributed by atoms with van der Waals surface area (Å²) in [6, 6.07) is 7.30. The first kappa shape index (κ1) is 15.4. The van der Waals surface area contributed by atoms with Crippen LogP contribution in [0.1, 0.15) is 15.2 Å². The summed E-state index contributed by atoms with van der Waals surface area (Å²) in [6.45, 7) is 0.657. The predicted molar refractivity (Wildman–Crippen MR) is 88.8 cm³/mol. The zero-order valence-electron chi connectivity index (χ0n) is 11.1. The molecule has 0 fully saturated rings. The van der Waals surface area contributed by atoms with Gasteiger partial charge in [-0.1, -0.05) is 11.6 Å². The number of hydrogen-bond donors (Lipinski definition) is 1. The SMILES string of the molecule is CN(C)C(=O)c1ccc(Cl)cc1NCc1cc(Br)cs1. The molecule has 3 nitrogen and oxygen atoms in total. The molecule has 0 aliphatic rings. The van der Waals surface area contributed by atoms with Crippen molar-refractivity contribution in [3.63, 3.8) is 0 Å². The summed E-state index contributed by atoms with van der Waals surface area (Å²) in [7, 11) is 3.47. The molecule has 20 heavy (non-hydrogen) atoms. The monoisotopic (exact) mass is 372 g/mol. The van der Waals surface area contributed by atoms with Crippen LogP contribution in [0.25, 0.3) is 0 Å². The average molecular weight is 374 g/mol. The fourth-order valence-corrected chi connectivity index (χ4v) is 3.28. The van der Waals surface area contributed by atoms with E-state index in [2.05, 4.69) is 27.3 Å². The van der Waals surface area contributed by atoms with Crippen LogP contribution >= 0.6 is 38.9 Å². The number of thiophene rings is 1. The first-order valence-corrected chi connectivity index (χ1v) is 8.00. The molecule has 0 spiro atoms. The highest BCUT2D eigenvalue weighted by Gasteiger charge is 2.13. The van der Waals surface area contributed by atoms with Gasteiger partial charge in [-0.3, -0.25) is 4.79 Å². The number of amides is 1. The summed E-state index contributed by atoms with van der Waals surface area (Å²) < 4.78 is 1.06. The number of nitrogens with zero attached hydrogens (tertiary/aromatic N) is 1. The van der Waals surface area contributed by atoms with Gasteiger partial charge in [0.05, 0.1) is 5.56 Å². The summed E-state index contributed by atoms with van der Waals surface area (Å²) in [5.74, 6) is -0.0449. The Balaban J connectivity index is 2.21. The molecule has 0 saturated carbocycles. The van der Waals surface area contributed by atoms with E-state index in [1.807, 2.05) is 5.38 Å². The molecular weight excluding hydrogens is 360 g/mol. The lowest BCUT2D eigenvalue weighted by Gasteiger charge is -2.15. The lowest BCUT2D eigenvalue weighted by atomic mass is 10.1. The van der Waals surface area contributed by atoms with Crippen LogP contribution in [0.15, 0.2) is 34.1 Å². The lowest BCUT2D eigenvalue weighted by Crippen LogP contribution is -2.22. The maximum absolute atomic E-state index is 12.1. The summed E-state index contributed by atoms with van der Waals surface area (Å²) in [4.78, 5) is 14.9. The molecule has 0 aliphatic heterocycles. The summed E-state index contributed by atoms with van der Waals surface area (Å²) in [5, 5.41) is 5.91. The average Bonchev–Trinajstić information content (AvgIpc) is 2.81. The van der Waals surface area contributed by atoms with Gasteiger partial charge < -0.3 is 10.2 Å². The molecule has 1 amide bonds. The molecule has 0 saturated heterocycles. The Bertz CT molecular complexity index is 627. The van der Waals surface area contributed by atoms with Gasteiger partial charge in [-0.2, -0.15) is 0 Å². The fraction of sp³-hybridized carbons (Fsp3) is 0.214. The van der Waals surface area contributed by atoms with E-state index in [1.165, 1.54) is 4.88 Å². The van der Waals surface area contributed by atoms with Crippen molar-refractivity contribution in [2.45, 2.75) is 6.54 Å². The molecule has 1 N–H and O–H groups in total. The molecule has 1 heterocycles. The van der Waals surface area contributed by atoms with E-state index < -0.39 is 0 Å². The Labute approximate surface area is 135 Å². The Morgan fingerprint density at radius 1 is 1.40 bits per heavy atom. The standard InChI is InChI=1S/C14H14BrClN2OS/c1-18(2)14(19)12-4-3-10(16)6-13(12)17-7-11-5-9(15)8-20-11/h3-6,8,17H,7H2,1-2H3. The van der Waals surface area contributed by atoms with Crippen LogP contribution in [0.2, 0.25) is 5.02 Å². The number of carbonyl (C=O) groups is 1. The molecule has 0 unspecified atom stereocenters. The van der Waals surface area contributed by atoms with Crippen LogP contribution in [-0.4, -0.2) is 24.9 Å². The van der Waals surface area contributed by atoms with Crippen molar-refractivity contribution in [1.29, 1.82) is 0 Å². The second-order valence-electron chi connectivity index (χ2n) is 4.47. The van der Waals surface area contributed by atoms with Gasteiger partial charge in [0.25, 0.3) is 5.91 Å². The minimum absolute atomic E-state index is 0.0449. The zero-order chi connectivity index (χ0) is 14.7. The van der Waals surface area contributed by atoms with E-state index >= 15 is 0 Å². The van der Waals surface area contributed by atoms with Crippen molar-refractivity contribution in [2.75, 3.05) is 19.4 Å². The lowest BCUT2D eigenvalue weighted by molar-refractivity contribution is 0.0828. The fourth-order valence-electron chi connectivity index (χ4n) is 1.72. The number of carbonyl (C=O) groups excluding carboxylic acids is 1. The molecule has 2 rings (SSSR count).